The molecule has 1 aliphatic carbocycles. The first-order valence-corrected chi connectivity index (χ1v) is 10.7. The molecule has 0 aromatic heterocycles. The SMILES string of the molecule is NC(CCCCB(O)O)(C(=O)O)C1CC(NCc2ccc(-c3ccc(F)cc3)cc2)C1. The van der Waals surface area contributed by atoms with Crippen LogP contribution in [0.25, 0.3) is 11.1 Å². The van der Waals surface area contributed by atoms with Gasteiger partial charge in [0.2, 0.25) is 0 Å². The molecule has 8 heteroatoms. The monoisotopic (exact) mass is 428 g/mol. The maximum Gasteiger partial charge on any atom is 0.451 e. The summed E-state index contributed by atoms with van der Waals surface area (Å²) in [6.45, 7) is 0.681. The van der Waals surface area contributed by atoms with Crippen LogP contribution in [0, 0.1) is 11.7 Å². The average molecular weight is 428 g/mol. The van der Waals surface area contributed by atoms with Gasteiger partial charge in [-0.05, 0) is 60.3 Å². The predicted octanol–water partition coefficient (Wildman–Crippen LogP) is 2.79. The van der Waals surface area contributed by atoms with Crippen LogP contribution in [0.2, 0.25) is 6.32 Å². The predicted molar refractivity (Wildman–Crippen MR) is 119 cm³/mol. The number of carbonyl (C=O) groups is 1. The van der Waals surface area contributed by atoms with Crippen LogP contribution in [-0.2, 0) is 11.3 Å². The highest BCUT2D eigenvalue weighted by atomic mass is 19.1. The van der Waals surface area contributed by atoms with Gasteiger partial charge >= 0.3 is 13.1 Å². The first-order chi connectivity index (χ1) is 14.8. The minimum atomic E-state index is -1.36. The van der Waals surface area contributed by atoms with Crippen molar-refractivity contribution in [1.82, 2.24) is 5.32 Å². The molecule has 0 radical (unpaired) electrons. The van der Waals surface area contributed by atoms with E-state index in [0.29, 0.717) is 38.6 Å². The summed E-state index contributed by atoms with van der Waals surface area (Å²) in [4.78, 5) is 11.8. The number of benzene rings is 2. The number of unbranched alkanes of at least 4 members (excludes halogenated alkanes) is 1. The van der Waals surface area contributed by atoms with Gasteiger partial charge in [-0.2, -0.15) is 0 Å². The van der Waals surface area contributed by atoms with E-state index in [9.17, 15) is 14.3 Å². The Morgan fingerprint density at radius 2 is 1.65 bits per heavy atom. The first kappa shape index (κ1) is 23.4. The summed E-state index contributed by atoms with van der Waals surface area (Å²) in [5, 5.41) is 30.9. The van der Waals surface area contributed by atoms with Gasteiger partial charge in [-0.25, -0.2) is 4.39 Å². The normalized spacial score (nSPS) is 20.0. The maximum absolute atomic E-state index is 13.1. The van der Waals surface area contributed by atoms with E-state index < -0.39 is 18.6 Å². The van der Waals surface area contributed by atoms with E-state index in [1.54, 1.807) is 12.1 Å². The van der Waals surface area contributed by atoms with Crippen LogP contribution in [0.5, 0.6) is 0 Å². The lowest BCUT2D eigenvalue weighted by Gasteiger charge is -2.45. The van der Waals surface area contributed by atoms with Crippen LogP contribution < -0.4 is 11.1 Å². The molecule has 1 fully saturated rings. The van der Waals surface area contributed by atoms with Crippen LogP contribution in [0.4, 0.5) is 4.39 Å². The van der Waals surface area contributed by atoms with Gasteiger partial charge in [0, 0.05) is 12.6 Å². The number of halogens is 1. The lowest BCUT2D eigenvalue weighted by Crippen LogP contribution is -2.61. The molecule has 2 aromatic rings. The largest absolute Gasteiger partial charge is 0.480 e. The standard InChI is InChI=1S/C23H30BFN2O4/c25-20-9-7-18(8-10-20)17-5-3-16(4-6-17)15-27-21-13-19(14-21)23(26,22(28)29)11-1-2-12-24(30)31/h3-10,19,21,27,30-31H,1-2,11-15,26H2,(H,28,29). The van der Waals surface area contributed by atoms with Gasteiger partial charge in [-0.3, -0.25) is 4.79 Å². The molecule has 0 bridgehead atoms. The van der Waals surface area contributed by atoms with Gasteiger partial charge in [0.25, 0.3) is 0 Å². The van der Waals surface area contributed by atoms with Gasteiger partial charge in [0.15, 0.2) is 0 Å². The molecule has 1 aliphatic rings. The number of rotatable bonds is 11. The van der Waals surface area contributed by atoms with Crippen LogP contribution in [0.1, 0.15) is 37.7 Å². The van der Waals surface area contributed by atoms with E-state index in [1.807, 2.05) is 24.3 Å². The highest BCUT2D eigenvalue weighted by Gasteiger charge is 2.47. The van der Waals surface area contributed by atoms with Crippen LogP contribution in [0.3, 0.4) is 0 Å². The van der Waals surface area contributed by atoms with E-state index in [0.717, 1.165) is 16.7 Å². The van der Waals surface area contributed by atoms with Gasteiger partial charge in [-0.1, -0.05) is 49.2 Å². The number of carboxylic acid groups (broad SMARTS) is 1. The summed E-state index contributed by atoms with van der Waals surface area (Å²) in [6.07, 6.45) is 3.06. The van der Waals surface area contributed by atoms with Gasteiger partial charge in [0.1, 0.15) is 11.4 Å². The van der Waals surface area contributed by atoms with Crippen molar-refractivity contribution < 1.29 is 24.3 Å². The second-order valence-electron chi connectivity index (χ2n) is 8.52. The molecule has 6 nitrogen and oxygen atoms in total. The Morgan fingerprint density at radius 3 is 2.19 bits per heavy atom. The number of carboxylic acids is 1. The minimum Gasteiger partial charge on any atom is -0.480 e. The van der Waals surface area contributed by atoms with Crippen molar-refractivity contribution in [3.63, 3.8) is 0 Å². The molecule has 6 N–H and O–H groups in total. The van der Waals surface area contributed by atoms with Crippen molar-refractivity contribution in [3.05, 3.63) is 59.9 Å². The Bertz CT molecular complexity index is 857. The zero-order chi connectivity index (χ0) is 22.4. The summed E-state index contributed by atoms with van der Waals surface area (Å²) in [5.41, 5.74) is 8.07. The summed E-state index contributed by atoms with van der Waals surface area (Å²) in [7, 11) is -1.36. The van der Waals surface area contributed by atoms with E-state index in [1.165, 1.54) is 12.1 Å². The minimum absolute atomic E-state index is 0.0950. The van der Waals surface area contributed by atoms with Crippen molar-refractivity contribution in [2.45, 2.75) is 56.5 Å². The second kappa shape index (κ2) is 10.4. The Balaban J connectivity index is 1.45. The number of hydrogen-bond donors (Lipinski definition) is 5. The highest BCUT2D eigenvalue weighted by Crippen LogP contribution is 2.38. The smallest absolute Gasteiger partial charge is 0.451 e. The third-order valence-electron chi connectivity index (χ3n) is 6.29. The molecule has 0 amide bonds. The molecule has 166 valence electrons. The molecule has 1 atom stereocenters. The Hall–Kier alpha value is -2.26. The zero-order valence-electron chi connectivity index (χ0n) is 17.5. The van der Waals surface area contributed by atoms with Crippen molar-refractivity contribution in [2.24, 2.45) is 11.7 Å². The number of aliphatic carboxylic acids is 1. The van der Waals surface area contributed by atoms with Crippen LogP contribution >= 0.6 is 0 Å². The molecular weight excluding hydrogens is 398 g/mol. The van der Waals surface area contributed by atoms with Crippen LogP contribution in [0.15, 0.2) is 48.5 Å². The lowest BCUT2D eigenvalue weighted by molar-refractivity contribution is -0.148. The third kappa shape index (κ3) is 6.14. The fraction of sp³-hybridized carbons (Fsp3) is 0.435. The molecule has 3 rings (SSSR count). The summed E-state index contributed by atoms with van der Waals surface area (Å²) < 4.78 is 13.1. The highest BCUT2D eigenvalue weighted by molar-refractivity contribution is 6.40. The van der Waals surface area contributed by atoms with Crippen molar-refractivity contribution in [1.29, 1.82) is 0 Å². The summed E-state index contributed by atoms with van der Waals surface area (Å²) in [5.74, 6) is -1.34. The molecule has 0 spiro atoms. The molecule has 2 aromatic carbocycles. The second-order valence-corrected chi connectivity index (χ2v) is 8.52. The molecule has 1 saturated carbocycles. The fourth-order valence-corrected chi connectivity index (χ4v) is 4.15. The van der Waals surface area contributed by atoms with Gasteiger partial charge in [-0.15, -0.1) is 0 Å². The maximum atomic E-state index is 13.1. The van der Waals surface area contributed by atoms with Gasteiger partial charge < -0.3 is 26.2 Å². The molecule has 0 heterocycles. The fourth-order valence-electron chi connectivity index (χ4n) is 4.15. The molecule has 0 aliphatic heterocycles. The quantitative estimate of drug-likeness (QED) is 0.278. The molecular formula is C23H30BFN2O4. The van der Waals surface area contributed by atoms with E-state index in [2.05, 4.69) is 5.32 Å². The number of hydrogen-bond acceptors (Lipinski definition) is 5. The Kier molecular flexibility index (Phi) is 7.83. The van der Waals surface area contributed by atoms with Crippen molar-refractivity contribution >= 4 is 13.1 Å². The molecule has 1 unspecified atom stereocenters. The topological polar surface area (TPSA) is 116 Å². The summed E-state index contributed by atoms with van der Waals surface area (Å²) >= 11 is 0. The average Bonchev–Trinajstić information content (AvgIpc) is 2.71. The van der Waals surface area contributed by atoms with Crippen molar-refractivity contribution in [2.75, 3.05) is 0 Å². The zero-order valence-corrected chi connectivity index (χ0v) is 17.5. The summed E-state index contributed by atoms with van der Waals surface area (Å²) in [6, 6.07) is 14.7. The number of nitrogens with two attached hydrogens (primary N) is 1. The molecule has 0 saturated heterocycles. The van der Waals surface area contributed by atoms with E-state index in [4.69, 9.17) is 15.8 Å². The Labute approximate surface area is 182 Å². The van der Waals surface area contributed by atoms with E-state index >= 15 is 0 Å². The first-order valence-electron chi connectivity index (χ1n) is 10.7. The van der Waals surface area contributed by atoms with E-state index in [-0.39, 0.29) is 24.1 Å². The Morgan fingerprint density at radius 1 is 1.06 bits per heavy atom. The van der Waals surface area contributed by atoms with Crippen molar-refractivity contribution in [3.8, 4) is 11.1 Å². The number of nitrogens with one attached hydrogen (secondary N) is 1. The van der Waals surface area contributed by atoms with Gasteiger partial charge in [0.05, 0.1) is 0 Å². The van der Waals surface area contributed by atoms with Crippen LogP contribution in [-0.4, -0.2) is 39.8 Å². The lowest BCUT2D eigenvalue weighted by atomic mass is 9.66. The molecule has 31 heavy (non-hydrogen) atoms. The third-order valence-corrected chi connectivity index (χ3v) is 6.29.